The summed E-state index contributed by atoms with van der Waals surface area (Å²) in [4.78, 5) is 2.19. The molecule has 1 fully saturated rings. The van der Waals surface area contributed by atoms with Crippen LogP contribution >= 0.6 is 11.6 Å². The van der Waals surface area contributed by atoms with Gasteiger partial charge in [0.1, 0.15) is 5.69 Å². The molecule has 1 aliphatic heterocycles. The summed E-state index contributed by atoms with van der Waals surface area (Å²) in [5.41, 5.74) is 1.29. The van der Waals surface area contributed by atoms with E-state index in [0.29, 0.717) is 16.4 Å². The number of anilines is 1. The highest BCUT2D eigenvalue weighted by atomic mass is 35.5. The third-order valence-electron chi connectivity index (χ3n) is 2.48. The van der Waals surface area contributed by atoms with Gasteiger partial charge in [-0.2, -0.15) is 0 Å². The van der Waals surface area contributed by atoms with E-state index in [1.54, 1.807) is 13.2 Å². The molecule has 0 radical (unpaired) electrons. The molecular formula is C10H14ClN3O. The van der Waals surface area contributed by atoms with Crippen LogP contribution in [-0.2, 0) is 0 Å². The SMILES string of the molecule is COc1nnc(Cl)cc1N1CC(C)(C)C1. The number of halogens is 1. The van der Waals surface area contributed by atoms with Crippen LogP contribution in [0.3, 0.4) is 0 Å². The fourth-order valence-electron chi connectivity index (χ4n) is 1.88. The normalized spacial score (nSPS) is 18.5. The van der Waals surface area contributed by atoms with Crippen LogP contribution in [0.25, 0.3) is 0 Å². The third kappa shape index (κ3) is 2.00. The zero-order chi connectivity index (χ0) is 11.1. The van der Waals surface area contributed by atoms with E-state index in [9.17, 15) is 0 Å². The largest absolute Gasteiger partial charge is 0.478 e. The van der Waals surface area contributed by atoms with Gasteiger partial charge < -0.3 is 9.64 Å². The Kier molecular flexibility index (Phi) is 2.46. The highest BCUT2D eigenvalue weighted by Gasteiger charge is 2.36. The second-order valence-electron chi connectivity index (χ2n) is 4.58. The van der Waals surface area contributed by atoms with Gasteiger partial charge in [0.15, 0.2) is 5.15 Å². The van der Waals surface area contributed by atoms with Crippen molar-refractivity contribution in [2.24, 2.45) is 5.41 Å². The van der Waals surface area contributed by atoms with Gasteiger partial charge in [0.25, 0.3) is 5.88 Å². The number of nitrogens with zero attached hydrogens (tertiary/aromatic N) is 3. The van der Waals surface area contributed by atoms with E-state index in [4.69, 9.17) is 16.3 Å². The second kappa shape index (κ2) is 3.52. The van der Waals surface area contributed by atoms with E-state index in [1.807, 2.05) is 0 Å². The molecule has 0 aliphatic carbocycles. The predicted molar refractivity (Wildman–Crippen MR) is 59.6 cm³/mol. The Hall–Kier alpha value is -1.03. The van der Waals surface area contributed by atoms with E-state index in [0.717, 1.165) is 18.8 Å². The van der Waals surface area contributed by atoms with Crippen LogP contribution in [0.4, 0.5) is 5.69 Å². The first-order chi connectivity index (χ1) is 7.02. The van der Waals surface area contributed by atoms with E-state index >= 15 is 0 Å². The molecule has 0 unspecified atom stereocenters. The Labute approximate surface area is 94.2 Å². The number of hydrogen-bond donors (Lipinski definition) is 0. The molecule has 4 nitrogen and oxygen atoms in total. The molecule has 0 saturated carbocycles. The molecular weight excluding hydrogens is 214 g/mol. The summed E-state index contributed by atoms with van der Waals surface area (Å²) in [6.07, 6.45) is 0. The van der Waals surface area contributed by atoms with Crippen molar-refractivity contribution in [2.75, 3.05) is 25.1 Å². The van der Waals surface area contributed by atoms with Crippen LogP contribution in [0.1, 0.15) is 13.8 Å². The zero-order valence-corrected chi connectivity index (χ0v) is 9.88. The molecule has 0 amide bonds. The van der Waals surface area contributed by atoms with Crippen LogP contribution in [-0.4, -0.2) is 30.4 Å². The molecule has 0 N–H and O–H groups in total. The van der Waals surface area contributed by atoms with E-state index in [2.05, 4.69) is 28.9 Å². The minimum atomic E-state index is 0.362. The molecule has 0 bridgehead atoms. The Bertz CT molecular complexity index is 373. The van der Waals surface area contributed by atoms with Crippen LogP contribution in [0.2, 0.25) is 5.15 Å². The Morgan fingerprint density at radius 2 is 2.07 bits per heavy atom. The minimum absolute atomic E-state index is 0.362. The van der Waals surface area contributed by atoms with Gasteiger partial charge in [-0.25, -0.2) is 0 Å². The lowest BCUT2D eigenvalue weighted by atomic mass is 9.84. The minimum Gasteiger partial charge on any atom is -0.478 e. The average molecular weight is 228 g/mol. The topological polar surface area (TPSA) is 38.3 Å². The maximum atomic E-state index is 5.81. The summed E-state index contributed by atoms with van der Waals surface area (Å²) in [5.74, 6) is 0.537. The van der Waals surface area contributed by atoms with E-state index < -0.39 is 0 Å². The van der Waals surface area contributed by atoms with Crippen molar-refractivity contribution < 1.29 is 4.74 Å². The van der Waals surface area contributed by atoms with Gasteiger partial charge in [-0.05, 0) is 5.41 Å². The van der Waals surface area contributed by atoms with Gasteiger partial charge in [0.05, 0.1) is 7.11 Å². The molecule has 1 saturated heterocycles. The Morgan fingerprint density at radius 1 is 1.40 bits per heavy atom. The van der Waals surface area contributed by atoms with Crippen molar-refractivity contribution in [3.63, 3.8) is 0 Å². The van der Waals surface area contributed by atoms with E-state index in [1.165, 1.54) is 0 Å². The molecule has 0 atom stereocenters. The van der Waals surface area contributed by atoms with E-state index in [-0.39, 0.29) is 0 Å². The number of hydrogen-bond acceptors (Lipinski definition) is 4. The van der Waals surface area contributed by atoms with Gasteiger partial charge in [0, 0.05) is 19.2 Å². The number of rotatable bonds is 2. The molecule has 1 aromatic heterocycles. The van der Waals surface area contributed by atoms with Gasteiger partial charge >= 0.3 is 0 Å². The van der Waals surface area contributed by atoms with Crippen molar-refractivity contribution in [2.45, 2.75) is 13.8 Å². The molecule has 0 aromatic carbocycles. The lowest BCUT2D eigenvalue weighted by Crippen LogP contribution is -2.53. The highest BCUT2D eigenvalue weighted by molar-refractivity contribution is 6.29. The summed E-state index contributed by atoms with van der Waals surface area (Å²) in [6.45, 7) is 6.44. The van der Waals surface area contributed by atoms with Crippen LogP contribution < -0.4 is 9.64 Å². The zero-order valence-electron chi connectivity index (χ0n) is 9.12. The lowest BCUT2D eigenvalue weighted by molar-refractivity contribution is 0.272. The average Bonchev–Trinajstić information content (AvgIpc) is 2.14. The molecule has 2 rings (SSSR count). The van der Waals surface area contributed by atoms with Crippen molar-refractivity contribution in [1.29, 1.82) is 0 Å². The van der Waals surface area contributed by atoms with Crippen LogP contribution in [0, 0.1) is 5.41 Å². The molecule has 82 valence electrons. The molecule has 1 aromatic rings. The Balaban J connectivity index is 2.24. The summed E-state index contributed by atoms with van der Waals surface area (Å²) >= 11 is 5.81. The fourth-order valence-corrected chi connectivity index (χ4v) is 2.02. The van der Waals surface area contributed by atoms with Gasteiger partial charge in [-0.1, -0.05) is 25.4 Å². The first kappa shape index (κ1) is 10.5. The standard InChI is InChI=1S/C10H14ClN3O/c1-10(2)5-14(6-10)7-4-8(11)12-13-9(7)15-3/h4H,5-6H2,1-3H3. The monoisotopic (exact) mass is 227 g/mol. The smallest absolute Gasteiger partial charge is 0.257 e. The number of aromatic nitrogens is 2. The summed E-state index contributed by atoms with van der Waals surface area (Å²) in [5, 5.41) is 8.05. The maximum absolute atomic E-state index is 5.81. The second-order valence-corrected chi connectivity index (χ2v) is 4.97. The van der Waals surface area contributed by atoms with Crippen molar-refractivity contribution >= 4 is 17.3 Å². The third-order valence-corrected chi connectivity index (χ3v) is 2.67. The van der Waals surface area contributed by atoms with Crippen LogP contribution in [0.5, 0.6) is 5.88 Å². The van der Waals surface area contributed by atoms with Gasteiger partial charge in [0.2, 0.25) is 0 Å². The summed E-state index contributed by atoms with van der Waals surface area (Å²) < 4.78 is 5.15. The van der Waals surface area contributed by atoms with Gasteiger partial charge in [-0.15, -0.1) is 10.2 Å². The van der Waals surface area contributed by atoms with Crippen molar-refractivity contribution in [3.8, 4) is 5.88 Å². The molecule has 2 heterocycles. The van der Waals surface area contributed by atoms with Crippen molar-refractivity contribution in [1.82, 2.24) is 10.2 Å². The highest BCUT2D eigenvalue weighted by Crippen LogP contribution is 2.37. The first-order valence-corrected chi connectivity index (χ1v) is 5.22. The van der Waals surface area contributed by atoms with Gasteiger partial charge in [-0.3, -0.25) is 0 Å². The fraction of sp³-hybridized carbons (Fsp3) is 0.600. The number of methoxy groups -OCH3 is 1. The van der Waals surface area contributed by atoms with Crippen molar-refractivity contribution in [3.05, 3.63) is 11.2 Å². The molecule has 5 heteroatoms. The number of ether oxygens (including phenoxy) is 1. The maximum Gasteiger partial charge on any atom is 0.257 e. The predicted octanol–water partition coefficient (Wildman–Crippen LogP) is 1.98. The molecule has 0 spiro atoms. The lowest BCUT2D eigenvalue weighted by Gasteiger charge is -2.47. The Morgan fingerprint density at radius 3 is 2.60 bits per heavy atom. The molecule has 1 aliphatic rings. The summed E-state index contributed by atoms with van der Waals surface area (Å²) in [6, 6.07) is 1.79. The summed E-state index contributed by atoms with van der Waals surface area (Å²) in [7, 11) is 1.59. The quantitative estimate of drug-likeness (QED) is 0.775. The van der Waals surface area contributed by atoms with Crippen LogP contribution in [0.15, 0.2) is 6.07 Å². The first-order valence-electron chi connectivity index (χ1n) is 4.84. The molecule has 15 heavy (non-hydrogen) atoms.